The molecule has 0 bridgehead atoms. The van der Waals surface area contributed by atoms with Gasteiger partial charge in [0.05, 0.1) is 6.61 Å². The highest BCUT2D eigenvalue weighted by Gasteiger charge is 2.12. The predicted octanol–water partition coefficient (Wildman–Crippen LogP) is 2.74. The van der Waals surface area contributed by atoms with Crippen LogP contribution in [-0.2, 0) is 0 Å². The minimum Gasteiger partial charge on any atom is -0.494 e. The molecule has 0 aliphatic carbocycles. The number of ether oxygens (including phenoxy) is 1. The summed E-state index contributed by atoms with van der Waals surface area (Å²) in [5.41, 5.74) is 0. The minimum absolute atomic E-state index is 0.220. The first-order valence-corrected chi connectivity index (χ1v) is 5.96. The van der Waals surface area contributed by atoms with Crippen LogP contribution in [0.3, 0.4) is 0 Å². The third-order valence-corrected chi connectivity index (χ3v) is 2.94. The molecule has 0 saturated carbocycles. The molecule has 1 saturated heterocycles. The number of nitrogens with one attached hydrogen (secondary N) is 1. The smallest absolute Gasteiger partial charge is 0.123 e. The molecule has 0 spiro atoms. The zero-order chi connectivity index (χ0) is 11.2. The molecule has 2 nitrogen and oxygen atoms in total. The Morgan fingerprint density at radius 2 is 2.12 bits per heavy atom. The molecule has 0 aromatic heterocycles. The van der Waals surface area contributed by atoms with Gasteiger partial charge < -0.3 is 10.1 Å². The SMILES string of the molecule is Fc1ccc(OCCCC2CCCN2)cc1. The second kappa shape index (κ2) is 5.85. The first-order valence-electron chi connectivity index (χ1n) is 5.96. The lowest BCUT2D eigenvalue weighted by Gasteiger charge is -2.10. The Labute approximate surface area is 95.8 Å². The molecule has 1 fully saturated rings. The summed E-state index contributed by atoms with van der Waals surface area (Å²) in [6.07, 6.45) is 4.80. The van der Waals surface area contributed by atoms with Crippen molar-refractivity contribution in [2.24, 2.45) is 0 Å². The van der Waals surface area contributed by atoms with E-state index in [2.05, 4.69) is 5.32 Å². The van der Waals surface area contributed by atoms with E-state index in [1.807, 2.05) is 0 Å². The van der Waals surface area contributed by atoms with Crippen LogP contribution in [0.5, 0.6) is 5.75 Å². The first-order chi connectivity index (χ1) is 7.84. The molecule has 1 N–H and O–H groups in total. The molecule has 0 radical (unpaired) electrons. The Balaban J connectivity index is 1.62. The summed E-state index contributed by atoms with van der Waals surface area (Å²) in [7, 11) is 0. The summed E-state index contributed by atoms with van der Waals surface area (Å²) < 4.78 is 18.1. The van der Waals surface area contributed by atoms with E-state index in [1.165, 1.54) is 31.4 Å². The third-order valence-electron chi connectivity index (χ3n) is 2.94. The van der Waals surface area contributed by atoms with Crippen LogP contribution in [-0.4, -0.2) is 19.2 Å². The summed E-state index contributed by atoms with van der Waals surface area (Å²) in [5, 5.41) is 3.46. The van der Waals surface area contributed by atoms with Crippen LogP contribution in [0.25, 0.3) is 0 Å². The fourth-order valence-corrected chi connectivity index (χ4v) is 2.05. The largest absolute Gasteiger partial charge is 0.494 e. The van der Waals surface area contributed by atoms with Crippen LogP contribution in [0.15, 0.2) is 24.3 Å². The fourth-order valence-electron chi connectivity index (χ4n) is 2.05. The number of hydrogen-bond acceptors (Lipinski definition) is 2. The quantitative estimate of drug-likeness (QED) is 0.775. The number of benzene rings is 1. The van der Waals surface area contributed by atoms with E-state index in [9.17, 15) is 4.39 Å². The topological polar surface area (TPSA) is 21.3 Å². The molecule has 3 heteroatoms. The van der Waals surface area contributed by atoms with Gasteiger partial charge in [-0.2, -0.15) is 0 Å². The van der Waals surface area contributed by atoms with Crippen LogP contribution in [0.1, 0.15) is 25.7 Å². The van der Waals surface area contributed by atoms with Crippen LogP contribution in [0, 0.1) is 5.82 Å². The standard InChI is InChI=1S/C13H18FNO/c14-11-5-7-13(8-6-11)16-10-2-4-12-3-1-9-15-12/h5-8,12,15H,1-4,9-10H2. The highest BCUT2D eigenvalue weighted by molar-refractivity contribution is 5.21. The van der Waals surface area contributed by atoms with E-state index >= 15 is 0 Å². The molecule has 88 valence electrons. The molecule has 1 aromatic rings. The minimum atomic E-state index is -0.220. The van der Waals surface area contributed by atoms with E-state index in [0.29, 0.717) is 12.6 Å². The maximum absolute atomic E-state index is 12.6. The third kappa shape index (κ3) is 3.49. The highest BCUT2D eigenvalue weighted by Crippen LogP contribution is 2.13. The van der Waals surface area contributed by atoms with Gasteiger partial charge in [0.25, 0.3) is 0 Å². The van der Waals surface area contributed by atoms with Crippen LogP contribution in [0.4, 0.5) is 4.39 Å². The van der Waals surface area contributed by atoms with E-state index < -0.39 is 0 Å². The lowest BCUT2D eigenvalue weighted by atomic mass is 10.1. The van der Waals surface area contributed by atoms with E-state index in [1.54, 1.807) is 12.1 Å². The van der Waals surface area contributed by atoms with Crippen LogP contribution in [0.2, 0.25) is 0 Å². The van der Waals surface area contributed by atoms with E-state index in [0.717, 1.165) is 18.7 Å². The van der Waals surface area contributed by atoms with Crippen LogP contribution < -0.4 is 10.1 Å². The van der Waals surface area contributed by atoms with Crippen molar-refractivity contribution < 1.29 is 9.13 Å². The molecule has 16 heavy (non-hydrogen) atoms. The molecule has 1 atom stereocenters. The predicted molar refractivity (Wildman–Crippen MR) is 62.2 cm³/mol. The Hall–Kier alpha value is -1.09. The Morgan fingerprint density at radius 1 is 1.31 bits per heavy atom. The summed E-state index contributed by atoms with van der Waals surface area (Å²) in [5.74, 6) is 0.531. The van der Waals surface area contributed by atoms with Crippen molar-refractivity contribution in [2.75, 3.05) is 13.2 Å². The molecular weight excluding hydrogens is 205 g/mol. The monoisotopic (exact) mass is 223 g/mol. The van der Waals surface area contributed by atoms with Gasteiger partial charge in [0.15, 0.2) is 0 Å². The molecule has 1 aromatic carbocycles. The first kappa shape index (κ1) is 11.4. The van der Waals surface area contributed by atoms with Gasteiger partial charge in [-0.1, -0.05) is 0 Å². The fraction of sp³-hybridized carbons (Fsp3) is 0.538. The van der Waals surface area contributed by atoms with Gasteiger partial charge in [0.2, 0.25) is 0 Å². The van der Waals surface area contributed by atoms with Crippen molar-refractivity contribution in [3.63, 3.8) is 0 Å². The van der Waals surface area contributed by atoms with Crippen molar-refractivity contribution in [3.8, 4) is 5.75 Å². The van der Waals surface area contributed by atoms with Crippen molar-refractivity contribution in [2.45, 2.75) is 31.7 Å². The summed E-state index contributed by atoms with van der Waals surface area (Å²) in [6.45, 7) is 1.87. The van der Waals surface area contributed by atoms with Gasteiger partial charge in [0.1, 0.15) is 11.6 Å². The van der Waals surface area contributed by atoms with E-state index in [-0.39, 0.29) is 5.82 Å². The zero-order valence-electron chi connectivity index (χ0n) is 9.42. The van der Waals surface area contributed by atoms with Gasteiger partial charge in [0, 0.05) is 6.04 Å². The van der Waals surface area contributed by atoms with Gasteiger partial charge >= 0.3 is 0 Å². The van der Waals surface area contributed by atoms with Crippen molar-refractivity contribution in [1.29, 1.82) is 0 Å². The average Bonchev–Trinajstić information content (AvgIpc) is 2.80. The van der Waals surface area contributed by atoms with Crippen molar-refractivity contribution >= 4 is 0 Å². The Kier molecular flexibility index (Phi) is 4.17. The highest BCUT2D eigenvalue weighted by atomic mass is 19.1. The van der Waals surface area contributed by atoms with Gasteiger partial charge in [-0.15, -0.1) is 0 Å². The Bertz CT molecular complexity index is 306. The van der Waals surface area contributed by atoms with Gasteiger partial charge in [-0.3, -0.25) is 0 Å². The maximum atomic E-state index is 12.6. The zero-order valence-corrected chi connectivity index (χ0v) is 9.42. The molecule has 1 unspecified atom stereocenters. The van der Waals surface area contributed by atoms with E-state index in [4.69, 9.17) is 4.74 Å². The second-order valence-corrected chi connectivity index (χ2v) is 4.24. The van der Waals surface area contributed by atoms with Crippen molar-refractivity contribution in [1.82, 2.24) is 5.32 Å². The maximum Gasteiger partial charge on any atom is 0.123 e. The van der Waals surface area contributed by atoms with Crippen molar-refractivity contribution in [3.05, 3.63) is 30.1 Å². The molecule has 1 heterocycles. The summed E-state index contributed by atoms with van der Waals surface area (Å²) in [4.78, 5) is 0. The second-order valence-electron chi connectivity index (χ2n) is 4.24. The Morgan fingerprint density at radius 3 is 2.81 bits per heavy atom. The summed E-state index contributed by atoms with van der Waals surface area (Å²) in [6, 6.07) is 6.87. The molecule has 1 aliphatic heterocycles. The molecular formula is C13H18FNO. The molecule has 2 rings (SSSR count). The summed E-state index contributed by atoms with van der Waals surface area (Å²) >= 11 is 0. The lowest BCUT2D eigenvalue weighted by Crippen LogP contribution is -2.21. The van der Waals surface area contributed by atoms with Crippen LogP contribution >= 0.6 is 0 Å². The number of halogens is 1. The number of hydrogen-bond donors (Lipinski definition) is 1. The lowest BCUT2D eigenvalue weighted by molar-refractivity contribution is 0.298. The normalized spacial score (nSPS) is 19.9. The van der Waals surface area contributed by atoms with Gasteiger partial charge in [-0.05, 0) is 56.5 Å². The molecule has 0 amide bonds. The van der Waals surface area contributed by atoms with Gasteiger partial charge in [-0.25, -0.2) is 4.39 Å². The average molecular weight is 223 g/mol. The number of rotatable bonds is 5. The molecule has 1 aliphatic rings.